The maximum Gasteiger partial charge on any atom is 0.180 e. The van der Waals surface area contributed by atoms with Crippen LogP contribution in [-0.4, -0.2) is 17.4 Å². The van der Waals surface area contributed by atoms with E-state index in [2.05, 4.69) is 15.9 Å². The summed E-state index contributed by atoms with van der Waals surface area (Å²) in [6.45, 7) is 1.74. The van der Waals surface area contributed by atoms with E-state index >= 15 is 0 Å². The van der Waals surface area contributed by atoms with Crippen molar-refractivity contribution >= 4 is 21.7 Å². The van der Waals surface area contributed by atoms with E-state index in [-0.39, 0.29) is 23.6 Å². The molecule has 0 aliphatic heterocycles. The molecule has 0 aromatic heterocycles. The van der Waals surface area contributed by atoms with Gasteiger partial charge >= 0.3 is 0 Å². The van der Waals surface area contributed by atoms with Gasteiger partial charge in [-0.2, -0.15) is 0 Å². The third-order valence-electron chi connectivity index (χ3n) is 1.76. The lowest BCUT2D eigenvalue weighted by Gasteiger charge is -2.05. The second-order valence-electron chi connectivity index (χ2n) is 2.75. The molecule has 0 spiro atoms. The lowest BCUT2D eigenvalue weighted by Crippen LogP contribution is -2.13. The van der Waals surface area contributed by atoms with Crippen LogP contribution in [0.3, 0.4) is 0 Å². The summed E-state index contributed by atoms with van der Waals surface area (Å²) in [6.07, 6.45) is 0. The highest BCUT2D eigenvalue weighted by Crippen LogP contribution is 2.25. The van der Waals surface area contributed by atoms with E-state index in [0.29, 0.717) is 0 Å². The number of rotatable bonds is 2. The number of carbonyl (C=O) groups is 1. The first-order valence-electron chi connectivity index (χ1n) is 3.78. The summed E-state index contributed by atoms with van der Waals surface area (Å²) in [5.74, 6) is -0.283. The van der Waals surface area contributed by atoms with Gasteiger partial charge in [0.15, 0.2) is 5.78 Å². The SMILES string of the molecule is Cc1cc(O)c(C(=O)CN)cc1Br. The number of phenols is 1. The predicted octanol–water partition coefficient (Wildman–Crippen LogP) is 1.60. The molecule has 0 unspecified atom stereocenters. The van der Waals surface area contributed by atoms with Gasteiger partial charge in [-0.05, 0) is 24.6 Å². The van der Waals surface area contributed by atoms with E-state index in [0.717, 1.165) is 10.0 Å². The van der Waals surface area contributed by atoms with Crippen LogP contribution in [0.15, 0.2) is 16.6 Å². The largest absolute Gasteiger partial charge is 0.507 e. The van der Waals surface area contributed by atoms with Crippen LogP contribution in [0, 0.1) is 6.92 Å². The fourth-order valence-corrected chi connectivity index (χ4v) is 1.34. The summed E-state index contributed by atoms with van der Waals surface area (Å²) < 4.78 is 0.794. The van der Waals surface area contributed by atoms with Crippen LogP contribution >= 0.6 is 15.9 Å². The molecule has 0 saturated heterocycles. The van der Waals surface area contributed by atoms with Crippen LogP contribution in [-0.2, 0) is 0 Å². The molecule has 0 aliphatic carbocycles. The summed E-state index contributed by atoms with van der Waals surface area (Å²) in [4.78, 5) is 11.2. The van der Waals surface area contributed by atoms with Gasteiger partial charge in [0, 0.05) is 4.47 Å². The van der Waals surface area contributed by atoms with E-state index in [1.807, 2.05) is 6.92 Å². The number of Topliss-reactive ketones (excluding diaryl/α,β-unsaturated/α-hetero) is 1. The van der Waals surface area contributed by atoms with Crippen LogP contribution in [0.4, 0.5) is 0 Å². The number of carbonyl (C=O) groups excluding carboxylic acids is 1. The molecule has 3 N–H and O–H groups in total. The van der Waals surface area contributed by atoms with Gasteiger partial charge in [-0.3, -0.25) is 4.79 Å². The number of halogens is 1. The number of hydrogen-bond donors (Lipinski definition) is 2. The van der Waals surface area contributed by atoms with Gasteiger partial charge in [0.25, 0.3) is 0 Å². The van der Waals surface area contributed by atoms with Crippen LogP contribution in [0.2, 0.25) is 0 Å². The van der Waals surface area contributed by atoms with E-state index in [1.165, 1.54) is 6.07 Å². The van der Waals surface area contributed by atoms with E-state index in [9.17, 15) is 9.90 Å². The number of aromatic hydroxyl groups is 1. The Morgan fingerprint density at radius 1 is 1.62 bits per heavy atom. The van der Waals surface area contributed by atoms with Gasteiger partial charge < -0.3 is 10.8 Å². The Labute approximate surface area is 84.7 Å². The quantitative estimate of drug-likeness (QED) is 0.776. The van der Waals surface area contributed by atoms with E-state index in [4.69, 9.17) is 5.73 Å². The molecule has 3 nitrogen and oxygen atoms in total. The highest BCUT2D eigenvalue weighted by atomic mass is 79.9. The lowest BCUT2D eigenvalue weighted by molar-refractivity contribution is 0.0999. The Hall–Kier alpha value is -0.870. The van der Waals surface area contributed by atoms with Crippen molar-refractivity contribution < 1.29 is 9.90 Å². The first-order valence-corrected chi connectivity index (χ1v) is 4.58. The Bertz CT molecular complexity index is 350. The van der Waals surface area contributed by atoms with Crippen molar-refractivity contribution in [3.05, 3.63) is 27.7 Å². The van der Waals surface area contributed by atoms with Crippen molar-refractivity contribution in [3.63, 3.8) is 0 Å². The summed E-state index contributed by atoms with van der Waals surface area (Å²) in [7, 11) is 0. The zero-order valence-corrected chi connectivity index (χ0v) is 8.76. The smallest absolute Gasteiger partial charge is 0.180 e. The van der Waals surface area contributed by atoms with E-state index < -0.39 is 0 Å². The average molecular weight is 244 g/mol. The first-order chi connectivity index (χ1) is 6.06. The monoisotopic (exact) mass is 243 g/mol. The number of phenolic OH excluding ortho intramolecular Hbond substituents is 1. The molecule has 0 bridgehead atoms. The molecular formula is C9H10BrNO2. The number of aryl methyl sites for hydroxylation is 1. The summed E-state index contributed by atoms with van der Waals surface area (Å²) in [6, 6.07) is 3.12. The summed E-state index contributed by atoms with van der Waals surface area (Å²) in [5.41, 5.74) is 6.33. The maximum absolute atomic E-state index is 11.2. The molecule has 13 heavy (non-hydrogen) atoms. The van der Waals surface area contributed by atoms with Gasteiger partial charge in [0.05, 0.1) is 12.1 Å². The van der Waals surface area contributed by atoms with Gasteiger partial charge in [-0.25, -0.2) is 0 Å². The molecule has 1 aromatic carbocycles. The molecule has 4 heteroatoms. The Morgan fingerprint density at radius 2 is 2.23 bits per heavy atom. The highest BCUT2D eigenvalue weighted by molar-refractivity contribution is 9.10. The second kappa shape index (κ2) is 3.89. The molecule has 70 valence electrons. The fourth-order valence-electron chi connectivity index (χ4n) is 1.000. The molecular weight excluding hydrogens is 234 g/mol. The number of hydrogen-bond acceptors (Lipinski definition) is 3. The fraction of sp³-hybridized carbons (Fsp3) is 0.222. The Morgan fingerprint density at radius 3 is 2.77 bits per heavy atom. The minimum Gasteiger partial charge on any atom is -0.507 e. The van der Waals surface area contributed by atoms with Crippen LogP contribution in [0.5, 0.6) is 5.75 Å². The van der Waals surface area contributed by atoms with Gasteiger partial charge in [-0.15, -0.1) is 0 Å². The lowest BCUT2D eigenvalue weighted by atomic mass is 10.1. The highest BCUT2D eigenvalue weighted by Gasteiger charge is 2.11. The molecule has 0 amide bonds. The molecule has 0 saturated carbocycles. The second-order valence-corrected chi connectivity index (χ2v) is 3.60. The first kappa shape index (κ1) is 10.2. The van der Waals surface area contributed by atoms with Crippen molar-refractivity contribution in [3.8, 4) is 5.75 Å². The average Bonchev–Trinajstić information content (AvgIpc) is 2.10. The minimum atomic E-state index is -0.266. The molecule has 0 heterocycles. The van der Waals surface area contributed by atoms with Crippen LogP contribution < -0.4 is 5.73 Å². The number of benzene rings is 1. The standard InChI is InChI=1S/C9H10BrNO2/c1-5-2-8(12)6(3-7(5)10)9(13)4-11/h2-3,12H,4,11H2,1H3. The molecule has 0 aliphatic rings. The van der Waals surface area contributed by atoms with Gasteiger partial charge in [0.1, 0.15) is 5.75 Å². The third kappa shape index (κ3) is 2.08. The zero-order chi connectivity index (χ0) is 10.0. The topological polar surface area (TPSA) is 63.3 Å². The summed E-state index contributed by atoms with van der Waals surface area (Å²) in [5, 5.41) is 9.42. The van der Waals surface area contributed by atoms with Crippen molar-refractivity contribution in [2.45, 2.75) is 6.92 Å². The minimum absolute atomic E-state index is 0.0175. The molecule has 1 rings (SSSR count). The van der Waals surface area contributed by atoms with Gasteiger partial charge in [-0.1, -0.05) is 15.9 Å². The normalized spacial score (nSPS) is 10.1. The zero-order valence-electron chi connectivity index (χ0n) is 7.17. The Balaban J connectivity index is 3.23. The van der Waals surface area contributed by atoms with Crippen LogP contribution in [0.25, 0.3) is 0 Å². The van der Waals surface area contributed by atoms with Crippen LogP contribution in [0.1, 0.15) is 15.9 Å². The van der Waals surface area contributed by atoms with Gasteiger partial charge in [0.2, 0.25) is 0 Å². The maximum atomic E-state index is 11.2. The Kier molecular flexibility index (Phi) is 3.06. The molecule has 0 atom stereocenters. The molecule has 0 fully saturated rings. The molecule has 1 aromatic rings. The molecule has 0 radical (unpaired) electrons. The van der Waals surface area contributed by atoms with Crippen molar-refractivity contribution in [2.24, 2.45) is 5.73 Å². The number of ketones is 1. The summed E-state index contributed by atoms with van der Waals surface area (Å²) >= 11 is 3.27. The number of nitrogens with two attached hydrogens (primary N) is 1. The van der Waals surface area contributed by atoms with Crippen molar-refractivity contribution in [1.29, 1.82) is 0 Å². The van der Waals surface area contributed by atoms with E-state index in [1.54, 1.807) is 6.07 Å². The third-order valence-corrected chi connectivity index (χ3v) is 2.62. The predicted molar refractivity (Wildman–Crippen MR) is 53.9 cm³/mol. The van der Waals surface area contributed by atoms with Crippen molar-refractivity contribution in [2.75, 3.05) is 6.54 Å². The van der Waals surface area contributed by atoms with Crippen molar-refractivity contribution in [1.82, 2.24) is 0 Å².